The highest BCUT2D eigenvalue weighted by Gasteiger charge is 2.24. The Balaban J connectivity index is 2.38. The summed E-state index contributed by atoms with van der Waals surface area (Å²) in [6.45, 7) is 3.02. The Morgan fingerprint density at radius 1 is 1.53 bits per heavy atom. The van der Waals surface area contributed by atoms with Crippen molar-refractivity contribution in [1.29, 1.82) is 0 Å². The monoisotopic (exact) mass is 214 g/mol. The molecule has 6 nitrogen and oxygen atoms in total. The number of piperidine rings is 1. The summed E-state index contributed by atoms with van der Waals surface area (Å²) in [5, 5.41) is 2.05. The number of amides is 3. The number of primary amides is 1. The molecule has 1 rings (SSSR count). The summed E-state index contributed by atoms with van der Waals surface area (Å²) in [5.74, 6) is -0.357. The molecular formula is C9H18N4O2. The van der Waals surface area contributed by atoms with Gasteiger partial charge in [-0.05, 0) is 19.8 Å². The van der Waals surface area contributed by atoms with E-state index in [1.165, 1.54) is 0 Å². The number of hydrogen-bond donors (Lipinski definition) is 3. The molecule has 5 N–H and O–H groups in total. The quantitative estimate of drug-likeness (QED) is 0.548. The van der Waals surface area contributed by atoms with Crippen molar-refractivity contribution >= 4 is 11.9 Å². The lowest BCUT2D eigenvalue weighted by atomic mass is 9.99. The van der Waals surface area contributed by atoms with Crippen LogP contribution in [0.5, 0.6) is 0 Å². The van der Waals surface area contributed by atoms with Crippen molar-refractivity contribution in [2.45, 2.75) is 31.8 Å². The number of nitrogens with one attached hydrogen (secondary N) is 1. The molecule has 0 bridgehead atoms. The van der Waals surface area contributed by atoms with Gasteiger partial charge >= 0.3 is 6.03 Å². The Labute approximate surface area is 89.0 Å². The highest BCUT2D eigenvalue weighted by atomic mass is 16.2. The SMILES string of the molecule is CC1CC(N)CCN1CC(=O)NC(N)=O. The molecule has 0 aromatic rings. The highest BCUT2D eigenvalue weighted by molar-refractivity contribution is 5.94. The van der Waals surface area contributed by atoms with Crippen LogP contribution in [0.1, 0.15) is 19.8 Å². The third kappa shape index (κ3) is 3.85. The first-order valence-electron chi connectivity index (χ1n) is 5.08. The number of urea groups is 1. The van der Waals surface area contributed by atoms with E-state index in [0.29, 0.717) is 0 Å². The first-order valence-corrected chi connectivity index (χ1v) is 5.08. The number of nitrogens with two attached hydrogens (primary N) is 2. The van der Waals surface area contributed by atoms with Gasteiger partial charge in [-0.1, -0.05) is 0 Å². The predicted molar refractivity (Wildman–Crippen MR) is 56.0 cm³/mol. The highest BCUT2D eigenvalue weighted by Crippen LogP contribution is 2.14. The number of rotatable bonds is 2. The molecule has 0 aromatic heterocycles. The van der Waals surface area contributed by atoms with Crippen molar-refractivity contribution in [3.63, 3.8) is 0 Å². The van der Waals surface area contributed by atoms with Crippen LogP contribution in [0, 0.1) is 0 Å². The van der Waals surface area contributed by atoms with E-state index in [0.717, 1.165) is 19.4 Å². The fraction of sp³-hybridized carbons (Fsp3) is 0.778. The lowest BCUT2D eigenvalue weighted by Gasteiger charge is -2.35. The van der Waals surface area contributed by atoms with Gasteiger partial charge in [0.1, 0.15) is 0 Å². The van der Waals surface area contributed by atoms with Gasteiger partial charge in [-0.2, -0.15) is 0 Å². The normalized spacial score (nSPS) is 27.3. The molecule has 2 atom stereocenters. The van der Waals surface area contributed by atoms with Crippen LogP contribution >= 0.6 is 0 Å². The molecule has 0 spiro atoms. The van der Waals surface area contributed by atoms with Crippen molar-refractivity contribution in [2.24, 2.45) is 11.5 Å². The Morgan fingerprint density at radius 3 is 2.73 bits per heavy atom. The second-order valence-corrected chi connectivity index (χ2v) is 4.02. The molecule has 1 aliphatic rings. The number of hydrogen-bond acceptors (Lipinski definition) is 4. The van der Waals surface area contributed by atoms with Crippen molar-refractivity contribution in [2.75, 3.05) is 13.1 Å². The van der Waals surface area contributed by atoms with Gasteiger partial charge in [-0.25, -0.2) is 4.79 Å². The molecule has 86 valence electrons. The van der Waals surface area contributed by atoms with Crippen LogP contribution in [-0.2, 0) is 4.79 Å². The smallest absolute Gasteiger partial charge is 0.318 e. The van der Waals surface area contributed by atoms with E-state index in [2.05, 4.69) is 0 Å². The van der Waals surface area contributed by atoms with E-state index >= 15 is 0 Å². The topological polar surface area (TPSA) is 101 Å². The molecule has 0 aliphatic carbocycles. The minimum absolute atomic E-state index is 0.205. The van der Waals surface area contributed by atoms with Crippen LogP contribution in [0.3, 0.4) is 0 Å². The molecule has 1 fully saturated rings. The fourth-order valence-corrected chi connectivity index (χ4v) is 1.85. The lowest BCUT2D eigenvalue weighted by molar-refractivity contribution is -0.122. The fourth-order valence-electron chi connectivity index (χ4n) is 1.85. The summed E-state index contributed by atoms with van der Waals surface area (Å²) in [4.78, 5) is 23.7. The van der Waals surface area contributed by atoms with Crippen molar-refractivity contribution in [1.82, 2.24) is 10.2 Å². The molecule has 2 unspecified atom stereocenters. The number of imide groups is 1. The molecule has 3 amide bonds. The number of carbonyl (C=O) groups excluding carboxylic acids is 2. The third-order valence-electron chi connectivity index (χ3n) is 2.66. The Kier molecular flexibility index (Phi) is 4.05. The second kappa shape index (κ2) is 5.09. The van der Waals surface area contributed by atoms with Gasteiger partial charge in [0.05, 0.1) is 6.54 Å². The number of nitrogens with zero attached hydrogens (tertiary/aromatic N) is 1. The van der Waals surface area contributed by atoms with Crippen LogP contribution in [0.2, 0.25) is 0 Å². The van der Waals surface area contributed by atoms with Crippen LogP contribution in [0.4, 0.5) is 4.79 Å². The molecule has 0 saturated carbocycles. The maximum atomic E-state index is 11.3. The minimum Gasteiger partial charge on any atom is -0.351 e. The number of likely N-dealkylation sites (tertiary alicyclic amines) is 1. The molecule has 0 radical (unpaired) electrons. The summed E-state index contributed by atoms with van der Waals surface area (Å²) in [6, 6.07) is -0.316. The average molecular weight is 214 g/mol. The summed E-state index contributed by atoms with van der Waals surface area (Å²) in [6.07, 6.45) is 1.76. The first-order chi connectivity index (χ1) is 6.99. The molecule has 6 heteroatoms. The summed E-state index contributed by atoms with van der Waals surface area (Å²) in [5.41, 5.74) is 10.6. The van der Waals surface area contributed by atoms with Crippen molar-refractivity contribution < 1.29 is 9.59 Å². The van der Waals surface area contributed by atoms with Gasteiger partial charge in [0.25, 0.3) is 0 Å². The van der Waals surface area contributed by atoms with Gasteiger partial charge in [-0.3, -0.25) is 15.0 Å². The van der Waals surface area contributed by atoms with E-state index in [1.807, 2.05) is 17.1 Å². The van der Waals surface area contributed by atoms with E-state index in [4.69, 9.17) is 11.5 Å². The van der Waals surface area contributed by atoms with Crippen LogP contribution in [0.15, 0.2) is 0 Å². The zero-order valence-electron chi connectivity index (χ0n) is 8.90. The van der Waals surface area contributed by atoms with Gasteiger partial charge in [0, 0.05) is 18.6 Å². The maximum Gasteiger partial charge on any atom is 0.318 e. The molecular weight excluding hydrogens is 196 g/mol. The van der Waals surface area contributed by atoms with Crippen molar-refractivity contribution in [3.05, 3.63) is 0 Å². The largest absolute Gasteiger partial charge is 0.351 e. The van der Waals surface area contributed by atoms with Gasteiger partial charge in [-0.15, -0.1) is 0 Å². The van der Waals surface area contributed by atoms with E-state index < -0.39 is 6.03 Å². The average Bonchev–Trinajstić information content (AvgIpc) is 2.08. The molecule has 15 heavy (non-hydrogen) atoms. The van der Waals surface area contributed by atoms with Crippen LogP contribution in [-0.4, -0.2) is 42.0 Å². The van der Waals surface area contributed by atoms with E-state index in [1.54, 1.807) is 0 Å². The standard InChI is InChI=1S/C9H18N4O2/c1-6-4-7(10)2-3-13(6)5-8(14)12-9(11)15/h6-7H,2-5,10H2,1H3,(H3,11,12,14,15). The van der Waals surface area contributed by atoms with Gasteiger partial charge < -0.3 is 11.5 Å². The Bertz CT molecular complexity index is 256. The van der Waals surface area contributed by atoms with Gasteiger partial charge in [0.2, 0.25) is 5.91 Å². The Hall–Kier alpha value is -1.14. The van der Waals surface area contributed by atoms with Crippen LogP contribution < -0.4 is 16.8 Å². The lowest BCUT2D eigenvalue weighted by Crippen LogP contribution is -2.50. The van der Waals surface area contributed by atoms with Crippen LogP contribution in [0.25, 0.3) is 0 Å². The van der Waals surface area contributed by atoms with Crippen molar-refractivity contribution in [3.8, 4) is 0 Å². The summed E-state index contributed by atoms with van der Waals surface area (Å²) < 4.78 is 0. The summed E-state index contributed by atoms with van der Waals surface area (Å²) in [7, 11) is 0. The Morgan fingerprint density at radius 2 is 2.20 bits per heavy atom. The molecule has 1 saturated heterocycles. The third-order valence-corrected chi connectivity index (χ3v) is 2.66. The van der Waals surface area contributed by atoms with E-state index in [-0.39, 0.29) is 24.5 Å². The minimum atomic E-state index is -0.804. The molecule has 1 aliphatic heterocycles. The molecule has 1 heterocycles. The zero-order chi connectivity index (χ0) is 11.4. The zero-order valence-corrected chi connectivity index (χ0v) is 8.90. The second-order valence-electron chi connectivity index (χ2n) is 4.02. The van der Waals surface area contributed by atoms with Gasteiger partial charge in [0.15, 0.2) is 0 Å². The predicted octanol–water partition coefficient (Wildman–Crippen LogP) is -1.01. The summed E-state index contributed by atoms with van der Waals surface area (Å²) >= 11 is 0. The first kappa shape index (κ1) is 11.9. The maximum absolute atomic E-state index is 11.3. The molecule has 0 aromatic carbocycles. The number of carbonyl (C=O) groups is 2. The van der Waals surface area contributed by atoms with E-state index in [9.17, 15) is 9.59 Å².